The van der Waals surface area contributed by atoms with Crippen molar-refractivity contribution in [1.82, 2.24) is 9.80 Å². The summed E-state index contributed by atoms with van der Waals surface area (Å²) in [5.74, 6) is -1.31. The average Bonchev–Trinajstić information content (AvgIpc) is 2.38. The summed E-state index contributed by atoms with van der Waals surface area (Å²) >= 11 is 0. The van der Waals surface area contributed by atoms with Crippen LogP contribution >= 0.6 is 0 Å². The number of carbonyl (C=O) groups is 2. The Labute approximate surface area is 117 Å². The lowest BCUT2D eigenvalue weighted by Gasteiger charge is -2.44. The zero-order valence-electron chi connectivity index (χ0n) is 11.8. The molecule has 2 N–H and O–H groups in total. The van der Waals surface area contributed by atoms with Crippen molar-refractivity contribution < 1.29 is 14.0 Å². The first-order chi connectivity index (χ1) is 9.25. The first kappa shape index (κ1) is 14.3. The molecular weight excluding hydrogens is 261 g/mol. The third-order valence-corrected chi connectivity index (χ3v) is 3.67. The first-order valence-electron chi connectivity index (χ1n) is 6.37. The lowest BCUT2D eigenvalue weighted by molar-refractivity contribution is -0.144. The van der Waals surface area contributed by atoms with Crippen molar-refractivity contribution >= 4 is 17.5 Å². The fraction of sp³-hybridized carbons (Fsp3) is 0.429. The van der Waals surface area contributed by atoms with Crippen LogP contribution in [0.1, 0.15) is 24.2 Å². The maximum absolute atomic E-state index is 13.8. The fourth-order valence-electron chi connectivity index (χ4n) is 2.42. The molecule has 6 heteroatoms. The van der Waals surface area contributed by atoms with Gasteiger partial charge in [0.2, 0.25) is 5.91 Å². The monoisotopic (exact) mass is 279 g/mol. The molecule has 0 unspecified atom stereocenters. The van der Waals surface area contributed by atoms with E-state index in [1.807, 2.05) is 0 Å². The molecule has 0 spiro atoms. The molecule has 1 aromatic rings. The molecule has 20 heavy (non-hydrogen) atoms. The van der Waals surface area contributed by atoms with E-state index in [9.17, 15) is 14.0 Å². The number of hydrogen-bond acceptors (Lipinski definition) is 3. The minimum atomic E-state index is -0.999. The highest BCUT2D eigenvalue weighted by Gasteiger charge is 2.43. The highest BCUT2D eigenvalue weighted by Crippen LogP contribution is 2.25. The maximum atomic E-state index is 13.8. The van der Waals surface area contributed by atoms with Crippen molar-refractivity contribution in [2.24, 2.45) is 0 Å². The van der Waals surface area contributed by atoms with Gasteiger partial charge in [0, 0.05) is 25.8 Å². The predicted octanol–water partition coefficient (Wildman–Crippen LogP) is 1.10. The summed E-state index contributed by atoms with van der Waals surface area (Å²) in [5.41, 5.74) is 4.81. The quantitative estimate of drug-likeness (QED) is 0.783. The van der Waals surface area contributed by atoms with Crippen LogP contribution in [0.15, 0.2) is 18.2 Å². The molecule has 1 saturated heterocycles. The predicted molar refractivity (Wildman–Crippen MR) is 73.6 cm³/mol. The highest BCUT2D eigenvalue weighted by atomic mass is 19.1. The molecule has 0 saturated carbocycles. The van der Waals surface area contributed by atoms with Gasteiger partial charge in [-0.1, -0.05) is 0 Å². The number of nitrogens with zero attached hydrogens (tertiary/aromatic N) is 2. The van der Waals surface area contributed by atoms with E-state index < -0.39 is 17.3 Å². The summed E-state index contributed by atoms with van der Waals surface area (Å²) in [5, 5.41) is 0. The van der Waals surface area contributed by atoms with Crippen molar-refractivity contribution in [1.29, 1.82) is 0 Å². The van der Waals surface area contributed by atoms with Crippen molar-refractivity contribution in [2.75, 3.05) is 25.9 Å². The molecule has 0 bridgehead atoms. The van der Waals surface area contributed by atoms with Gasteiger partial charge in [0.1, 0.15) is 11.4 Å². The van der Waals surface area contributed by atoms with Gasteiger partial charge in [-0.2, -0.15) is 0 Å². The Hall–Kier alpha value is -2.11. The molecule has 2 amide bonds. The summed E-state index contributed by atoms with van der Waals surface area (Å²) in [6.45, 7) is 4.11. The Bertz CT molecular complexity index is 572. The molecule has 1 heterocycles. The van der Waals surface area contributed by atoms with Gasteiger partial charge < -0.3 is 15.5 Å². The Morgan fingerprint density at radius 1 is 1.35 bits per heavy atom. The van der Waals surface area contributed by atoms with Crippen LogP contribution in [0.4, 0.5) is 10.1 Å². The summed E-state index contributed by atoms with van der Waals surface area (Å²) < 4.78 is 13.8. The number of benzene rings is 1. The summed E-state index contributed by atoms with van der Waals surface area (Å²) in [4.78, 5) is 27.6. The van der Waals surface area contributed by atoms with Crippen LogP contribution in [0.2, 0.25) is 0 Å². The Morgan fingerprint density at radius 3 is 2.65 bits per heavy atom. The number of nitrogen functional groups attached to an aromatic ring is 1. The maximum Gasteiger partial charge on any atom is 0.257 e. The number of piperazine rings is 1. The topological polar surface area (TPSA) is 66.6 Å². The van der Waals surface area contributed by atoms with Crippen LogP contribution in [0.3, 0.4) is 0 Å². The van der Waals surface area contributed by atoms with Gasteiger partial charge >= 0.3 is 0 Å². The third-order valence-electron chi connectivity index (χ3n) is 3.67. The van der Waals surface area contributed by atoms with E-state index >= 15 is 0 Å². The molecule has 2 rings (SSSR count). The molecule has 0 aliphatic carbocycles. The van der Waals surface area contributed by atoms with Crippen LogP contribution in [-0.2, 0) is 4.79 Å². The standard InChI is InChI=1S/C14H18FN3O2/c1-14(2)13(20)17(3)6-7-18(14)12(19)10-8-9(16)4-5-11(10)15/h4-5,8H,6-7,16H2,1-3H3. The van der Waals surface area contributed by atoms with E-state index in [0.717, 1.165) is 6.07 Å². The van der Waals surface area contributed by atoms with Crippen LogP contribution in [0, 0.1) is 5.82 Å². The van der Waals surface area contributed by atoms with E-state index in [-0.39, 0.29) is 11.5 Å². The molecular formula is C14H18FN3O2. The number of anilines is 1. The minimum absolute atomic E-state index is 0.101. The Balaban J connectivity index is 2.38. The van der Waals surface area contributed by atoms with Crippen LogP contribution in [0.25, 0.3) is 0 Å². The molecule has 1 aliphatic heterocycles. The summed E-state index contributed by atoms with van der Waals surface area (Å²) in [6.07, 6.45) is 0. The SMILES string of the molecule is CN1CCN(C(=O)c2cc(N)ccc2F)C(C)(C)C1=O. The van der Waals surface area contributed by atoms with Gasteiger partial charge in [0.25, 0.3) is 5.91 Å². The van der Waals surface area contributed by atoms with Gasteiger partial charge in [0.15, 0.2) is 0 Å². The molecule has 0 radical (unpaired) electrons. The van der Waals surface area contributed by atoms with Gasteiger partial charge in [-0.15, -0.1) is 0 Å². The van der Waals surface area contributed by atoms with Gasteiger partial charge in [-0.3, -0.25) is 9.59 Å². The molecule has 0 atom stereocenters. The number of likely N-dealkylation sites (N-methyl/N-ethyl adjacent to an activating group) is 1. The van der Waals surface area contributed by atoms with Gasteiger partial charge in [0.05, 0.1) is 5.56 Å². The van der Waals surface area contributed by atoms with E-state index in [0.29, 0.717) is 18.8 Å². The number of halogens is 1. The van der Waals surface area contributed by atoms with Gasteiger partial charge in [-0.05, 0) is 32.0 Å². The van der Waals surface area contributed by atoms with E-state index in [1.54, 1.807) is 25.8 Å². The van der Waals surface area contributed by atoms with Crippen molar-refractivity contribution in [3.8, 4) is 0 Å². The summed E-state index contributed by atoms with van der Waals surface area (Å²) in [6, 6.07) is 3.86. The molecule has 108 valence electrons. The van der Waals surface area contributed by atoms with Crippen molar-refractivity contribution in [2.45, 2.75) is 19.4 Å². The lowest BCUT2D eigenvalue weighted by Crippen LogP contribution is -2.63. The van der Waals surface area contributed by atoms with E-state index in [2.05, 4.69) is 0 Å². The zero-order chi connectivity index (χ0) is 15.1. The Kier molecular flexibility index (Phi) is 3.41. The Morgan fingerprint density at radius 2 is 2.00 bits per heavy atom. The number of nitrogens with two attached hydrogens (primary N) is 1. The normalized spacial score (nSPS) is 18.3. The number of carbonyl (C=O) groups excluding carboxylic acids is 2. The third kappa shape index (κ3) is 2.21. The minimum Gasteiger partial charge on any atom is -0.399 e. The average molecular weight is 279 g/mol. The first-order valence-corrected chi connectivity index (χ1v) is 6.37. The second-order valence-electron chi connectivity index (χ2n) is 5.48. The van der Waals surface area contributed by atoms with Crippen LogP contribution in [0.5, 0.6) is 0 Å². The van der Waals surface area contributed by atoms with Crippen molar-refractivity contribution in [3.05, 3.63) is 29.6 Å². The van der Waals surface area contributed by atoms with Crippen molar-refractivity contribution in [3.63, 3.8) is 0 Å². The molecule has 0 aromatic heterocycles. The fourth-order valence-corrected chi connectivity index (χ4v) is 2.42. The number of rotatable bonds is 1. The largest absolute Gasteiger partial charge is 0.399 e. The summed E-state index contributed by atoms with van der Waals surface area (Å²) in [7, 11) is 1.69. The second-order valence-corrected chi connectivity index (χ2v) is 5.48. The smallest absolute Gasteiger partial charge is 0.257 e. The second kappa shape index (κ2) is 4.77. The van der Waals surface area contributed by atoms with E-state index in [4.69, 9.17) is 5.73 Å². The lowest BCUT2D eigenvalue weighted by atomic mass is 9.96. The van der Waals surface area contributed by atoms with E-state index in [1.165, 1.54) is 17.0 Å². The number of hydrogen-bond donors (Lipinski definition) is 1. The molecule has 5 nitrogen and oxygen atoms in total. The molecule has 1 fully saturated rings. The molecule has 1 aliphatic rings. The van der Waals surface area contributed by atoms with Gasteiger partial charge in [-0.25, -0.2) is 4.39 Å². The zero-order valence-corrected chi connectivity index (χ0v) is 11.8. The number of amides is 2. The van der Waals surface area contributed by atoms with Crippen LogP contribution < -0.4 is 5.73 Å². The highest BCUT2D eigenvalue weighted by molar-refractivity contribution is 6.00. The van der Waals surface area contributed by atoms with Crippen LogP contribution in [-0.4, -0.2) is 47.3 Å². The molecule has 1 aromatic carbocycles.